The molecular weight excluding hydrogens is 461 g/mol. The molecule has 3 heterocycles. The number of carbonyl (C=O) groups is 1. The van der Waals surface area contributed by atoms with E-state index in [-0.39, 0.29) is 29.1 Å². The predicted octanol–water partition coefficient (Wildman–Crippen LogP) is 2.74. The fourth-order valence-electron chi connectivity index (χ4n) is 3.52. The predicted molar refractivity (Wildman–Crippen MR) is 124 cm³/mol. The van der Waals surface area contributed by atoms with E-state index < -0.39 is 11.1 Å². The Morgan fingerprint density at radius 3 is 2.76 bits per heavy atom. The number of nitro groups is 1. The van der Waals surface area contributed by atoms with E-state index in [1.54, 1.807) is 48.6 Å². The van der Waals surface area contributed by atoms with Gasteiger partial charge in [0, 0.05) is 11.0 Å². The van der Waals surface area contributed by atoms with Crippen LogP contribution in [0.1, 0.15) is 11.3 Å². The number of furan rings is 1. The average molecular weight is 477 g/mol. The maximum atomic E-state index is 14.0. The molecule has 0 radical (unpaired) electrons. The molecule has 2 aromatic carbocycles. The fourth-order valence-corrected chi connectivity index (χ4v) is 4.35. The third kappa shape index (κ3) is 4.20. The zero-order chi connectivity index (χ0) is 23.7. The van der Waals surface area contributed by atoms with Gasteiger partial charge >= 0.3 is 5.88 Å². The molecule has 2 aliphatic rings. The van der Waals surface area contributed by atoms with Crippen molar-refractivity contribution in [2.75, 3.05) is 0 Å². The standard InChI is InChI=1S/C23H16FN5O4S/c24-17-7-3-1-5-14(17)13-34-23-26-22(30)21-16-6-2-4-8-18(16)25-19(28(21)27-23)11-9-15-10-12-20(33-15)29(31)32/h1-12,19H,13H2,(H,26,27,30)/b11-9+. The Hall–Kier alpha value is -4.25. The number of thioether (sulfide) groups is 1. The summed E-state index contributed by atoms with van der Waals surface area (Å²) >= 11 is 1.19. The molecule has 0 aliphatic carbocycles. The molecule has 34 heavy (non-hydrogen) atoms. The maximum absolute atomic E-state index is 14.0. The molecule has 1 atom stereocenters. The second-order valence-corrected chi connectivity index (χ2v) is 8.25. The van der Waals surface area contributed by atoms with E-state index in [4.69, 9.17) is 4.42 Å². The second-order valence-electron chi connectivity index (χ2n) is 7.28. The van der Waals surface area contributed by atoms with Crippen molar-refractivity contribution < 1.29 is 18.5 Å². The number of amidine groups is 1. The Labute approximate surface area is 196 Å². The summed E-state index contributed by atoms with van der Waals surface area (Å²) in [5.74, 6) is -0.526. The van der Waals surface area contributed by atoms with Crippen LogP contribution in [0.4, 0.5) is 10.3 Å². The number of amides is 1. The molecule has 170 valence electrons. The van der Waals surface area contributed by atoms with Gasteiger partial charge in [0.2, 0.25) is 0 Å². The van der Waals surface area contributed by atoms with Crippen LogP contribution < -0.4 is 15.9 Å². The molecule has 1 N–H and O–H groups in total. The van der Waals surface area contributed by atoms with Crippen LogP contribution in [0.25, 0.3) is 11.8 Å². The normalized spacial score (nSPS) is 17.0. The number of para-hydroxylation sites is 1. The number of nitrogens with one attached hydrogen (secondary N) is 1. The molecule has 5 rings (SSSR count). The van der Waals surface area contributed by atoms with Gasteiger partial charge < -0.3 is 4.42 Å². The van der Waals surface area contributed by atoms with Crippen LogP contribution in [0.15, 0.2) is 81.3 Å². The Morgan fingerprint density at radius 1 is 1.18 bits per heavy atom. The van der Waals surface area contributed by atoms with Crippen LogP contribution in [0.3, 0.4) is 0 Å². The van der Waals surface area contributed by atoms with E-state index in [0.29, 0.717) is 27.0 Å². The summed E-state index contributed by atoms with van der Waals surface area (Å²) in [7, 11) is 0. The van der Waals surface area contributed by atoms with Crippen molar-refractivity contribution in [3.8, 4) is 0 Å². The maximum Gasteiger partial charge on any atom is 0.433 e. The zero-order valence-corrected chi connectivity index (χ0v) is 18.2. The highest BCUT2D eigenvalue weighted by molar-refractivity contribution is 8.13. The molecule has 11 heteroatoms. The van der Waals surface area contributed by atoms with Gasteiger partial charge in [-0.05, 0) is 35.9 Å². The Bertz CT molecular complexity index is 1480. The van der Waals surface area contributed by atoms with Crippen molar-refractivity contribution in [2.24, 2.45) is 10.1 Å². The molecule has 1 amide bonds. The minimum Gasteiger partial charge on any atom is -0.401 e. The van der Waals surface area contributed by atoms with Crippen molar-refractivity contribution in [1.82, 2.24) is 10.3 Å². The van der Waals surface area contributed by atoms with Crippen molar-refractivity contribution in [3.63, 3.8) is 0 Å². The van der Waals surface area contributed by atoms with E-state index >= 15 is 0 Å². The molecule has 0 spiro atoms. The highest BCUT2D eigenvalue weighted by atomic mass is 32.2. The molecule has 0 saturated heterocycles. The number of nitrogens with zero attached hydrogens (tertiary/aromatic N) is 4. The molecule has 0 bridgehead atoms. The average Bonchev–Trinajstić information content (AvgIpc) is 3.31. The first-order chi connectivity index (χ1) is 16.5. The molecular formula is C23H16FN5O4S. The van der Waals surface area contributed by atoms with Gasteiger partial charge in [0.1, 0.15) is 22.2 Å². The number of rotatable bonds is 5. The van der Waals surface area contributed by atoms with Gasteiger partial charge in [0.25, 0.3) is 5.91 Å². The lowest BCUT2D eigenvalue weighted by atomic mass is 10.1. The largest absolute Gasteiger partial charge is 0.433 e. The van der Waals surface area contributed by atoms with E-state index in [2.05, 4.69) is 15.4 Å². The van der Waals surface area contributed by atoms with E-state index in [9.17, 15) is 19.3 Å². The van der Waals surface area contributed by atoms with Gasteiger partial charge in [-0.25, -0.2) is 9.40 Å². The topological polar surface area (TPSA) is 113 Å². The number of benzene rings is 2. The fraction of sp³-hybridized carbons (Fsp3) is 0.0870. The summed E-state index contributed by atoms with van der Waals surface area (Å²) < 4.78 is 19.2. The number of hydrogen-bond donors (Lipinski definition) is 1. The Balaban J connectivity index is 1.49. The molecule has 0 saturated carbocycles. The van der Waals surface area contributed by atoms with Crippen molar-refractivity contribution in [1.29, 1.82) is 0 Å². The first kappa shape index (κ1) is 21.6. The number of hydrazone groups is 1. The summed E-state index contributed by atoms with van der Waals surface area (Å²) in [5.41, 5.74) is 0.810. The molecule has 1 unspecified atom stereocenters. The summed E-state index contributed by atoms with van der Waals surface area (Å²) in [6.45, 7) is 0. The Kier molecular flexibility index (Phi) is 5.68. The number of carbonyl (C=O) groups excluding carboxylic acids is 1. The van der Waals surface area contributed by atoms with Gasteiger partial charge in [-0.1, -0.05) is 48.2 Å². The van der Waals surface area contributed by atoms with Gasteiger partial charge in [-0.3, -0.25) is 25.2 Å². The number of halogens is 1. The van der Waals surface area contributed by atoms with Crippen LogP contribution in [0, 0.1) is 15.9 Å². The third-order valence-electron chi connectivity index (χ3n) is 5.09. The SMILES string of the molecule is O=C1NC(SCc2ccccc2F)=NN2C1=c1ccccc1=NC2/C=C/c1ccc([N+](=O)[O-])o1. The smallest absolute Gasteiger partial charge is 0.401 e. The molecule has 0 fully saturated rings. The summed E-state index contributed by atoms with van der Waals surface area (Å²) in [6, 6.07) is 16.3. The van der Waals surface area contributed by atoms with Crippen LogP contribution in [-0.4, -0.2) is 27.2 Å². The van der Waals surface area contributed by atoms with Gasteiger partial charge in [-0.15, -0.1) is 5.10 Å². The zero-order valence-electron chi connectivity index (χ0n) is 17.4. The van der Waals surface area contributed by atoms with Crippen LogP contribution in [0.2, 0.25) is 0 Å². The molecule has 3 aromatic rings. The molecule has 2 aliphatic heterocycles. The minimum atomic E-state index is -0.704. The first-order valence-electron chi connectivity index (χ1n) is 10.1. The van der Waals surface area contributed by atoms with Crippen LogP contribution in [-0.2, 0) is 10.5 Å². The van der Waals surface area contributed by atoms with Crippen LogP contribution in [0.5, 0.6) is 0 Å². The van der Waals surface area contributed by atoms with E-state index in [1.807, 2.05) is 6.07 Å². The monoisotopic (exact) mass is 477 g/mol. The van der Waals surface area contributed by atoms with Gasteiger partial charge in [0.15, 0.2) is 11.3 Å². The van der Waals surface area contributed by atoms with E-state index in [0.717, 1.165) is 0 Å². The highest BCUT2D eigenvalue weighted by Crippen LogP contribution is 2.24. The summed E-state index contributed by atoms with van der Waals surface area (Å²) in [5, 5.41) is 21.2. The third-order valence-corrected chi connectivity index (χ3v) is 6.00. The second kappa shape index (κ2) is 8.94. The number of hydrogen-bond acceptors (Lipinski definition) is 8. The lowest BCUT2D eigenvalue weighted by Crippen LogP contribution is -2.52. The minimum absolute atomic E-state index is 0.266. The van der Waals surface area contributed by atoms with Crippen molar-refractivity contribution in [3.05, 3.63) is 105 Å². The first-order valence-corrected chi connectivity index (χ1v) is 11.1. The van der Waals surface area contributed by atoms with E-state index in [1.165, 1.54) is 35.0 Å². The van der Waals surface area contributed by atoms with Crippen molar-refractivity contribution >= 4 is 40.5 Å². The lowest BCUT2D eigenvalue weighted by molar-refractivity contribution is -0.402. The summed E-state index contributed by atoms with van der Waals surface area (Å²) in [4.78, 5) is 28.0. The molecule has 9 nitrogen and oxygen atoms in total. The summed E-state index contributed by atoms with van der Waals surface area (Å²) in [6.07, 6.45) is 2.48. The number of fused-ring (bicyclic) bond motifs is 2. The highest BCUT2D eigenvalue weighted by Gasteiger charge is 2.32. The van der Waals surface area contributed by atoms with Crippen molar-refractivity contribution in [2.45, 2.75) is 11.9 Å². The quantitative estimate of drug-likeness (QED) is 0.447. The Morgan fingerprint density at radius 2 is 1.97 bits per heavy atom. The molecule has 1 aromatic heterocycles. The van der Waals surface area contributed by atoms with Crippen LogP contribution >= 0.6 is 11.8 Å². The lowest BCUT2D eigenvalue weighted by Gasteiger charge is -2.32. The van der Waals surface area contributed by atoms with Gasteiger partial charge in [-0.2, -0.15) is 0 Å². The van der Waals surface area contributed by atoms with Gasteiger partial charge in [0.05, 0.1) is 11.4 Å².